The highest BCUT2D eigenvalue weighted by Crippen LogP contribution is 2.24. The first-order chi connectivity index (χ1) is 8.54. The Hall–Kier alpha value is -0.830. The Labute approximate surface area is 111 Å². The van der Waals surface area contributed by atoms with Gasteiger partial charge in [-0.25, -0.2) is 19.2 Å². The van der Waals surface area contributed by atoms with Gasteiger partial charge in [-0.15, -0.1) is 0 Å². The average Bonchev–Trinajstić information content (AvgIpc) is 2.39. The molecule has 0 saturated carbocycles. The van der Waals surface area contributed by atoms with Crippen molar-refractivity contribution in [2.45, 2.75) is 17.1 Å². The minimum absolute atomic E-state index is 0.209. The van der Waals surface area contributed by atoms with Crippen molar-refractivity contribution in [2.24, 2.45) is 5.84 Å². The highest BCUT2D eigenvalue weighted by molar-refractivity contribution is 8.00. The fourth-order valence-electron chi connectivity index (χ4n) is 1.77. The van der Waals surface area contributed by atoms with Crippen LogP contribution in [0, 0.1) is 0 Å². The zero-order valence-corrected chi connectivity index (χ0v) is 11.7. The van der Waals surface area contributed by atoms with Crippen molar-refractivity contribution in [1.82, 2.24) is 9.29 Å². The molecule has 1 aromatic rings. The van der Waals surface area contributed by atoms with E-state index >= 15 is 0 Å². The standard InChI is InChI=1S/C10H16N4O2S2/c1-8-7-14(4-5-17-8)18(15,16)9-2-3-10(13-11)12-6-9/h2-3,6,8H,4-5,7,11H2,1H3,(H,12,13). The van der Waals surface area contributed by atoms with Gasteiger partial charge in [-0.05, 0) is 12.1 Å². The SMILES string of the molecule is CC1CN(S(=O)(=O)c2ccc(NN)nc2)CCS1. The molecule has 1 atom stereocenters. The molecule has 1 fully saturated rings. The number of pyridine rings is 1. The van der Waals surface area contributed by atoms with Gasteiger partial charge in [0, 0.05) is 30.3 Å². The third kappa shape index (κ3) is 2.77. The van der Waals surface area contributed by atoms with Crippen LogP contribution in [0.15, 0.2) is 23.2 Å². The van der Waals surface area contributed by atoms with Gasteiger partial charge in [-0.2, -0.15) is 16.1 Å². The highest BCUT2D eigenvalue weighted by Gasteiger charge is 2.29. The average molecular weight is 288 g/mol. The molecule has 8 heteroatoms. The first-order valence-electron chi connectivity index (χ1n) is 5.58. The quantitative estimate of drug-likeness (QED) is 0.622. The molecule has 3 N–H and O–H groups in total. The van der Waals surface area contributed by atoms with E-state index in [9.17, 15) is 8.42 Å². The Morgan fingerprint density at radius 2 is 2.33 bits per heavy atom. The molecule has 0 aromatic carbocycles. The molecule has 1 aliphatic rings. The second-order valence-electron chi connectivity index (χ2n) is 4.07. The molecule has 1 aliphatic heterocycles. The van der Waals surface area contributed by atoms with Crippen molar-refractivity contribution in [1.29, 1.82) is 0 Å². The molecule has 6 nitrogen and oxygen atoms in total. The number of rotatable bonds is 3. The lowest BCUT2D eigenvalue weighted by Crippen LogP contribution is -2.40. The Morgan fingerprint density at radius 1 is 1.56 bits per heavy atom. The minimum atomic E-state index is -3.43. The van der Waals surface area contributed by atoms with E-state index in [4.69, 9.17) is 5.84 Å². The maximum Gasteiger partial charge on any atom is 0.244 e. The zero-order valence-electron chi connectivity index (χ0n) is 10.0. The molecular weight excluding hydrogens is 272 g/mol. The van der Waals surface area contributed by atoms with Crippen molar-refractivity contribution in [2.75, 3.05) is 24.3 Å². The van der Waals surface area contributed by atoms with E-state index < -0.39 is 10.0 Å². The summed E-state index contributed by atoms with van der Waals surface area (Å²) in [5.41, 5.74) is 2.37. The molecule has 0 radical (unpaired) electrons. The summed E-state index contributed by atoms with van der Waals surface area (Å²) in [5, 5.41) is 0.325. The molecule has 1 unspecified atom stereocenters. The molecule has 0 amide bonds. The van der Waals surface area contributed by atoms with Crippen molar-refractivity contribution in [3.05, 3.63) is 18.3 Å². The van der Waals surface area contributed by atoms with E-state index in [1.165, 1.54) is 16.6 Å². The summed E-state index contributed by atoms with van der Waals surface area (Å²) in [7, 11) is -3.43. The van der Waals surface area contributed by atoms with E-state index in [0.29, 0.717) is 24.2 Å². The van der Waals surface area contributed by atoms with Crippen LogP contribution in [0.25, 0.3) is 0 Å². The first kappa shape index (κ1) is 13.6. The van der Waals surface area contributed by atoms with Crippen molar-refractivity contribution >= 4 is 27.6 Å². The van der Waals surface area contributed by atoms with Crippen molar-refractivity contribution < 1.29 is 8.42 Å². The van der Waals surface area contributed by atoms with Crippen LogP contribution in [0.2, 0.25) is 0 Å². The Balaban J connectivity index is 2.23. The summed E-state index contributed by atoms with van der Waals surface area (Å²) in [6.07, 6.45) is 1.33. The predicted molar refractivity (Wildman–Crippen MR) is 72.7 cm³/mol. The topological polar surface area (TPSA) is 88.3 Å². The van der Waals surface area contributed by atoms with Gasteiger partial charge in [0.25, 0.3) is 0 Å². The normalized spacial score (nSPS) is 21.8. The number of anilines is 1. The lowest BCUT2D eigenvalue weighted by molar-refractivity contribution is 0.424. The fraction of sp³-hybridized carbons (Fsp3) is 0.500. The largest absolute Gasteiger partial charge is 0.308 e. The number of nitrogens with one attached hydrogen (secondary N) is 1. The third-order valence-electron chi connectivity index (χ3n) is 2.73. The first-order valence-corrected chi connectivity index (χ1v) is 8.07. The van der Waals surface area contributed by atoms with Gasteiger partial charge in [0.2, 0.25) is 10.0 Å². The van der Waals surface area contributed by atoms with E-state index in [1.807, 2.05) is 6.92 Å². The number of nitrogens with zero attached hydrogens (tertiary/aromatic N) is 2. The molecule has 0 aliphatic carbocycles. The van der Waals surface area contributed by atoms with Crippen LogP contribution < -0.4 is 11.3 Å². The molecule has 18 heavy (non-hydrogen) atoms. The Morgan fingerprint density at radius 3 is 2.89 bits per heavy atom. The molecule has 1 saturated heterocycles. The summed E-state index contributed by atoms with van der Waals surface area (Å²) >= 11 is 1.79. The Kier molecular flexibility index (Phi) is 4.10. The maximum absolute atomic E-state index is 12.4. The molecular formula is C10H16N4O2S2. The monoisotopic (exact) mass is 288 g/mol. The van der Waals surface area contributed by atoms with Crippen LogP contribution in [-0.2, 0) is 10.0 Å². The molecule has 2 rings (SSSR count). The highest BCUT2D eigenvalue weighted by atomic mass is 32.2. The maximum atomic E-state index is 12.4. The van der Waals surface area contributed by atoms with E-state index in [0.717, 1.165) is 5.75 Å². The fourth-order valence-corrected chi connectivity index (χ4v) is 4.47. The predicted octanol–water partition coefficient (Wildman–Crippen LogP) is 0.493. The van der Waals surface area contributed by atoms with E-state index in [2.05, 4.69) is 10.4 Å². The van der Waals surface area contributed by atoms with Crippen LogP contribution in [-0.4, -0.2) is 41.8 Å². The molecule has 0 bridgehead atoms. The van der Waals surface area contributed by atoms with Gasteiger partial charge in [0.15, 0.2) is 0 Å². The van der Waals surface area contributed by atoms with Gasteiger partial charge in [-0.3, -0.25) is 0 Å². The summed E-state index contributed by atoms with van der Waals surface area (Å²) in [6.45, 7) is 3.13. The van der Waals surface area contributed by atoms with Gasteiger partial charge in [0.05, 0.1) is 0 Å². The number of hydrogen-bond donors (Lipinski definition) is 2. The van der Waals surface area contributed by atoms with Crippen molar-refractivity contribution in [3.63, 3.8) is 0 Å². The van der Waals surface area contributed by atoms with Gasteiger partial charge < -0.3 is 5.43 Å². The smallest absolute Gasteiger partial charge is 0.244 e. The molecule has 100 valence electrons. The second-order valence-corrected chi connectivity index (χ2v) is 7.55. The summed E-state index contributed by atoms with van der Waals surface area (Å²) in [6, 6.07) is 3.07. The summed E-state index contributed by atoms with van der Waals surface area (Å²) in [4.78, 5) is 4.14. The number of aromatic nitrogens is 1. The van der Waals surface area contributed by atoms with Crippen LogP contribution in [0.1, 0.15) is 6.92 Å². The van der Waals surface area contributed by atoms with Crippen LogP contribution >= 0.6 is 11.8 Å². The number of nitrogens with two attached hydrogens (primary N) is 1. The van der Waals surface area contributed by atoms with E-state index in [1.54, 1.807) is 17.8 Å². The third-order valence-corrected chi connectivity index (χ3v) is 5.71. The number of nitrogen functional groups attached to an aromatic ring is 1. The minimum Gasteiger partial charge on any atom is -0.308 e. The van der Waals surface area contributed by atoms with Crippen molar-refractivity contribution in [3.8, 4) is 0 Å². The second kappa shape index (κ2) is 5.43. The van der Waals surface area contributed by atoms with Gasteiger partial charge in [0.1, 0.15) is 10.7 Å². The number of hydrazine groups is 1. The lowest BCUT2D eigenvalue weighted by atomic mass is 10.4. The van der Waals surface area contributed by atoms with Crippen LogP contribution in [0.4, 0.5) is 5.82 Å². The lowest BCUT2D eigenvalue weighted by Gasteiger charge is -2.29. The van der Waals surface area contributed by atoms with Gasteiger partial charge in [-0.1, -0.05) is 6.92 Å². The molecule has 1 aromatic heterocycles. The summed E-state index contributed by atoms with van der Waals surface area (Å²) < 4.78 is 26.2. The number of hydrogen-bond acceptors (Lipinski definition) is 6. The number of sulfonamides is 1. The van der Waals surface area contributed by atoms with Crippen LogP contribution in [0.3, 0.4) is 0 Å². The van der Waals surface area contributed by atoms with E-state index in [-0.39, 0.29) is 4.90 Å². The molecule has 2 heterocycles. The van der Waals surface area contributed by atoms with Gasteiger partial charge >= 0.3 is 0 Å². The number of thioether (sulfide) groups is 1. The molecule has 0 spiro atoms. The Bertz CT molecular complexity index is 503. The zero-order chi connectivity index (χ0) is 13.2. The summed E-state index contributed by atoms with van der Waals surface area (Å²) in [5.74, 6) is 6.47. The van der Waals surface area contributed by atoms with Crippen LogP contribution in [0.5, 0.6) is 0 Å².